The van der Waals surface area contributed by atoms with E-state index in [1.165, 1.54) is 6.20 Å². The lowest BCUT2D eigenvalue weighted by Gasteiger charge is -1.87. The standard InChI is InChI=1S/C7H4N4O2.ClH/c8-1-3-2-9-5-4(3)10-7(13)11-6(5)12;/h2,9H,(H2,10,11,12,13);1H. The summed E-state index contributed by atoms with van der Waals surface area (Å²) in [5, 5.41) is 8.60. The number of nitrogens with zero attached hydrogens (tertiary/aromatic N) is 1. The van der Waals surface area contributed by atoms with Gasteiger partial charge in [0.15, 0.2) is 0 Å². The van der Waals surface area contributed by atoms with Crippen LogP contribution in [0.3, 0.4) is 0 Å². The average molecular weight is 213 g/mol. The number of H-pyrrole nitrogens is 3. The van der Waals surface area contributed by atoms with Crippen LogP contribution in [-0.4, -0.2) is 15.0 Å². The molecule has 6 nitrogen and oxygen atoms in total. The third-order valence-corrected chi connectivity index (χ3v) is 1.69. The SMILES string of the molecule is Cl.N#Cc1c[nH]c2c(=O)[nH]c(=O)[nH]c12. The zero-order chi connectivity index (χ0) is 9.42. The van der Waals surface area contributed by atoms with Crippen molar-refractivity contribution >= 4 is 23.4 Å². The fraction of sp³-hybridized carbons (Fsp3) is 0. The van der Waals surface area contributed by atoms with Crippen LogP contribution in [0.2, 0.25) is 0 Å². The van der Waals surface area contributed by atoms with E-state index in [-0.39, 0.29) is 29.0 Å². The first kappa shape index (κ1) is 10.1. The Morgan fingerprint density at radius 1 is 1.21 bits per heavy atom. The van der Waals surface area contributed by atoms with Crippen molar-refractivity contribution in [2.45, 2.75) is 0 Å². The third-order valence-electron chi connectivity index (χ3n) is 1.69. The molecule has 0 aliphatic carbocycles. The number of hydrogen-bond donors (Lipinski definition) is 3. The van der Waals surface area contributed by atoms with Gasteiger partial charge in [0, 0.05) is 6.20 Å². The van der Waals surface area contributed by atoms with Crippen molar-refractivity contribution in [3.8, 4) is 6.07 Å². The Hall–Kier alpha value is -2.00. The van der Waals surface area contributed by atoms with E-state index >= 15 is 0 Å². The first-order chi connectivity index (χ1) is 6.22. The summed E-state index contributed by atoms with van der Waals surface area (Å²) in [4.78, 5) is 29.0. The quantitative estimate of drug-likeness (QED) is 0.565. The summed E-state index contributed by atoms with van der Waals surface area (Å²) in [5.74, 6) is 0. The molecule has 0 aromatic carbocycles. The molecule has 0 saturated carbocycles. The summed E-state index contributed by atoms with van der Waals surface area (Å²) in [6.07, 6.45) is 1.37. The molecule has 0 aliphatic heterocycles. The number of rotatable bonds is 0. The summed E-state index contributed by atoms with van der Waals surface area (Å²) < 4.78 is 0. The number of aromatic nitrogens is 3. The van der Waals surface area contributed by atoms with Gasteiger partial charge in [0.25, 0.3) is 5.56 Å². The second kappa shape index (κ2) is 3.40. The van der Waals surface area contributed by atoms with Gasteiger partial charge in [-0.1, -0.05) is 0 Å². The van der Waals surface area contributed by atoms with Gasteiger partial charge in [0.1, 0.15) is 11.6 Å². The number of nitriles is 1. The highest BCUT2D eigenvalue weighted by atomic mass is 35.5. The summed E-state index contributed by atoms with van der Waals surface area (Å²) in [7, 11) is 0. The Kier molecular flexibility index (Phi) is 2.45. The maximum Gasteiger partial charge on any atom is 0.326 e. The maximum absolute atomic E-state index is 11.1. The molecule has 0 radical (unpaired) electrons. The third kappa shape index (κ3) is 1.30. The Morgan fingerprint density at radius 3 is 2.57 bits per heavy atom. The van der Waals surface area contributed by atoms with E-state index in [4.69, 9.17) is 5.26 Å². The second-order valence-corrected chi connectivity index (χ2v) is 2.47. The molecule has 0 amide bonds. The molecule has 0 unspecified atom stereocenters. The van der Waals surface area contributed by atoms with Gasteiger partial charge < -0.3 is 9.97 Å². The predicted molar refractivity (Wildman–Crippen MR) is 51.5 cm³/mol. The lowest BCUT2D eigenvalue weighted by atomic mass is 10.3. The molecule has 2 rings (SSSR count). The Bertz CT molecular complexity index is 615. The highest BCUT2D eigenvalue weighted by Crippen LogP contribution is 2.07. The van der Waals surface area contributed by atoms with Crippen LogP contribution in [0.1, 0.15) is 5.56 Å². The van der Waals surface area contributed by atoms with Crippen LogP contribution < -0.4 is 11.2 Å². The molecule has 0 bridgehead atoms. The number of halogens is 1. The fourth-order valence-electron chi connectivity index (χ4n) is 1.13. The second-order valence-electron chi connectivity index (χ2n) is 2.47. The van der Waals surface area contributed by atoms with E-state index in [2.05, 4.69) is 9.97 Å². The number of nitrogens with one attached hydrogen (secondary N) is 3. The zero-order valence-electron chi connectivity index (χ0n) is 6.75. The Labute approximate surface area is 83.0 Å². The summed E-state index contributed by atoms with van der Waals surface area (Å²) >= 11 is 0. The molecule has 14 heavy (non-hydrogen) atoms. The summed E-state index contributed by atoms with van der Waals surface area (Å²) in [6, 6.07) is 1.85. The van der Waals surface area contributed by atoms with E-state index in [1.807, 2.05) is 11.1 Å². The molecule has 0 fully saturated rings. The highest BCUT2D eigenvalue weighted by molar-refractivity contribution is 5.85. The van der Waals surface area contributed by atoms with Gasteiger partial charge in [0.2, 0.25) is 0 Å². The predicted octanol–water partition coefficient (Wildman–Crippen LogP) is -0.162. The number of hydrogen-bond acceptors (Lipinski definition) is 3. The van der Waals surface area contributed by atoms with Crippen LogP contribution in [0.4, 0.5) is 0 Å². The van der Waals surface area contributed by atoms with E-state index in [0.29, 0.717) is 0 Å². The minimum atomic E-state index is -0.617. The first-order valence-electron chi connectivity index (χ1n) is 3.46. The van der Waals surface area contributed by atoms with E-state index in [9.17, 15) is 9.59 Å². The van der Waals surface area contributed by atoms with Crippen molar-refractivity contribution < 1.29 is 0 Å². The van der Waals surface area contributed by atoms with Crippen LogP contribution in [0.5, 0.6) is 0 Å². The van der Waals surface area contributed by atoms with Crippen molar-refractivity contribution in [2.24, 2.45) is 0 Å². The summed E-state index contributed by atoms with van der Waals surface area (Å²) in [5.41, 5.74) is -0.445. The van der Waals surface area contributed by atoms with Crippen LogP contribution >= 0.6 is 12.4 Å². The number of aromatic amines is 3. The molecule has 0 aliphatic rings. The van der Waals surface area contributed by atoms with E-state index < -0.39 is 11.2 Å². The molecule has 2 aromatic heterocycles. The van der Waals surface area contributed by atoms with Crippen LogP contribution in [-0.2, 0) is 0 Å². The van der Waals surface area contributed by atoms with Crippen molar-refractivity contribution in [3.63, 3.8) is 0 Å². The lowest BCUT2D eigenvalue weighted by molar-refractivity contribution is 1.08. The largest absolute Gasteiger partial charge is 0.354 e. The molecule has 0 spiro atoms. The van der Waals surface area contributed by atoms with E-state index in [0.717, 1.165) is 0 Å². The van der Waals surface area contributed by atoms with Gasteiger partial charge in [-0.25, -0.2) is 4.79 Å². The van der Waals surface area contributed by atoms with Gasteiger partial charge in [-0.3, -0.25) is 9.78 Å². The minimum absolute atomic E-state index is 0. The number of fused-ring (bicyclic) bond motifs is 1. The smallest absolute Gasteiger partial charge is 0.326 e. The molecule has 0 saturated heterocycles. The van der Waals surface area contributed by atoms with Gasteiger partial charge >= 0.3 is 5.69 Å². The van der Waals surface area contributed by atoms with Crippen molar-refractivity contribution in [1.82, 2.24) is 15.0 Å². The van der Waals surface area contributed by atoms with Gasteiger partial charge in [-0.15, -0.1) is 12.4 Å². The van der Waals surface area contributed by atoms with Crippen LogP contribution in [0.25, 0.3) is 11.0 Å². The topological polar surface area (TPSA) is 105 Å². The fourth-order valence-corrected chi connectivity index (χ4v) is 1.13. The van der Waals surface area contributed by atoms with Gasteiger partial charge in [-0.05, 0) is 0 Å². The summed E-state index contributed by atoms with van der Waals surface area (Å²) in [6.45, 7) is 0. The van der Waals surface area contributed by atoms with Crippen LogP contribution in [0, 0.1) is 11.3 Å². The Morgan fingerprint density at radius 2 is 1.93 bits per heavy atom. The zero-order valence-corrected chi connectivity index (χ0v) is 7.57. The molecule has 7 heteroatoms. The van der Waals surface area contributed by atoms with Crippen molar-refractivity contribution in [3.05, 3.63) is 32.6 Å². The minimum Gasteiger partial charge on any atom is -0.354 e. The van der Waals surface area contributed by atoms with E-state index in [1.54, 1.807) is 0 Å². The molecular weight excluding hydrogens is 208 g/mol. The molecule has 0 atom stereocenters. The molecule has 2 aromatic rings. The van der Waals surface area contributed by atoms with Crippen LogP contribution in [0.15, 0.2) is 15.8 Å². The van der Waals surface area contributed by atoms with Crippen molar-refractivity contribution in [2.75, 3.05) is 0 Å². The molecule has 2 heterocycles. The molecule has 3 N–H and O–H groups in total. The highest BCUT2D eigenvalue weighted by Gasteiger charge is 2.06. The van der Waals surface area contributed by atoms with Gasteiger partial charge in [0.05, 0.1) is 11.1 Å². The first-order valence-corrected chi connectivity index (χ1v) is 3.46. The monoisotopic (exact) mass is 212 g/mol. The maximum atomic E-state index is 11.1. The van der Waals surface area contributed by atoms with Gasteiger partial charge in [-0.2, -0.15) is 5.26 Å². The molecule has 72 valence electrons. The average Bonchev–Trinajstić information content (AvgIpc) is 2.47. The normalized spacial score (nSPS) is 9.36. The van der Waals surface area contributed by atoms with Crippen molar-refractivity contribution in [1.29, 1.82) is 5.26 Å². The Balaban J connectivity index is 0.000000980. The molecular formula is C7H5ClN4O2. The lowest BCUT2D eigenvalue weighted by Crippen LogP contribution is -2.21.